The van der Waals surface area contributed by atoms with Gasteiger partial charge in [-0.3, -0.25) is 9.78 Å². The molecule has 0 spiro atoms. The first-order valence-electron chi connectivity index (χ1n) is 5.72. The molecule has 4 heteroatoms. The van der Waals surface area contributed by atoms with Crippen LogP contribution in [0.2, 0.25) is 0 Å². The maximum atomic E-state index is 12.0. The fraction of sp³-hybridized carbons (Fsp3) is 0.143. The molecule has 0 saturated heterocycles. The molecule has 2 aromatic rings. The second-order valence-corrected chi connectivity index (χ2v) is 4.39. The molecule has 0 bridgehead atoms. The number of benzene rings is 1. The Bertz CT molecular complexity index is 598. The van der Waals surface area contributed by atoms with E-state index < -0.39 is 5.60 Å². The fourth-order valence-corrected chi connectivity index (χ4v) is 2.27. The van der Waals surface area contributed by atoms with Crippen LogP contribution in [0.4, 0.5) is 5.69 Å². The van der Waals surface area contributed by atoms with E-state index in [0.29, 0.717) is 11.3 Å². The first kappa shape index (κ1) is 10.9. The Morgan fingerprint density at radius 2 is 1.89 bits per heavy atom. The predicted octanol–water partition coefficient (Wildman–Crippen LogP) is 1.46. The predicted molar refractivity (Wildman–Crippen MR) is 66.9 cm³/mol. The van der Waals surface area contributed by atoms with Crippen LogP contribution < -0.4 is 5.32 Å². The number of carbonyl (C=O) groups excluding carboxylic acids is 1. The normalized spacial score (nSPS) is 21.5. The van der Waals surface area contributed by atoms with E-state index in [1.807, 2.05) is 12.1 Å². The summed E-state index contributed by atoms with van der Waals surface area (Å²) >= 11 is 0. The summed E-state index contributed by atoms with van der Waals surface area (Å²) in [6.45, 7) is 0. The zero-order valence-corrected chi connectivity index (χ0v) is 9.63. The van der Waals surface area contributed by atoms with E-state index in [9.17, 15) is 9.90 Å². The first-order chi connectivity index (χ1) is 8.70. The number of aromatic nitrogens is 1. The number of carbonyl (C=O) groups is 1. The first-order valence-corrected chi connectivity index (χ1v) is 5.72. The Kier molecular flexibility index (Phi) is 2.38. The second kappa shape index (κ2) is 3.92. The third-order valence-corrected chi connectivity index (χ3v) is 3.21. The fourth-order valence-electron chi connectivity index (χ4n) is 2.27. The topological polar surface area (TPSA) is 62.2 Å². The molecule has 1 aromatic heterocycles. The zero-order valence-electron chi connectivity index (χ0n) is 9.63. The molecular weight excluding hydrogens is 228 g/mol. The highest BCUT2D eigenvalue weighted by molar-refractivity contribution is 6.05. The van der Waals surface area contributed by atoms with Crippen molar-refractivity contribution < 1.29 is 9.90 Å². The maximum Gasteiger partial charge on any atom is 0.261 e. The van der Waals surface area contributed by atoms with Gasteiger partial charge in [-0.2, -0.15) is 0 Å². The van der Waals surface area contributed by atoms with Crippen molar-refractivity contribution in [1.82, 2.24) is 4.98 Å². The molecule has 0 aliphatic carbocycles. The van der Waals surface area contributed by atoms with Gasteiger partial charge in [-0.25, -0.2) is 0 Å². The van der Waals surface area contributed by atoms with Gasteiger partial charge >= 0.3 is 0 Å². The number of fused-ring (bicyclic) bond motifs is 1. The van der Waals surface area contributed by atoms with Crippen LogP contribution in [0.1, 0.15) is 11.1 Å². The molecule has 1 amide bonds. The van der Waals surface area contributed by atoms with Gasteiger partial charge in [0.05, 0.1) is 0 Å². The number of anilines is 1. The molecule has 2 heterocycles. The van der Waals surface area contributed by atoms with Crippen molar-refractivity contribution >= 4 is 11.6 Å². The summed E-state index contributed by atoms with van der Waals surface area (Å²) in [7, 11) is 0. The quantitative estimate of drug-likeness (QED) is 0.835. The lowest BCUT2D eigenvalue weighted by atomic mass is 9.89. The van der Waals surface area contributed by atoms with Crippen LogP contribution in [-0.2, 0) is 16.8 Å². The third kappa shape index (κ3) is 1.58. The highest BCUT2D eigenvalue weighted by Crippen LogP contribution is 2.37. The maximum absolute atomic E-state index is 12.0. The van der Waals surface area contributed by atoms with Crippen LogP contribution in [-0.4, -0.2) is 16.0 Å². The van der Waals surface area contributed by atoms with Crippen molar-refractivity contribution in [2.45, 2.75) is 12.0 Å². The molecule has 0 fully saturated rings. The van der Waals surface area contributed by atoms with Gasteiger partial charge < -0.3 is 10.4 Å². The number of amides is 1. The van der Waals surface area contributed by atoms with Crippen molar-refractivity contribution in [2.75, 3.05) is 5.32 Å². The third-order valence-electron chi connectivity index (χ3n) is 3.21. The Morgan fingerprint density at radius 3 is 2.67 bits per heavy atom. The molecule has 1 aromatic carbocycles. The van der Waals surface area contributed by atoms with Gasteiger partial charge in [0.25, 0.3) is 5.91 Å². The van der Waals surface area contributed by atoms with Gasteiger partial charge in [0.1, 0.15) is 0 Å². The van der Waals surface area contributed by atoms with E-state index >= 15 is 0 Å². The van der Waals surface area contributed by atoms with Crippen molar-refractivity contribution in [2.24, 2.45) is 0 Å². The number of nitrogens with one attached hydrogen (secondary N) is 1. The van der Waals surface area contributed by atoms with Crippen LogP contribution in [0.25, 0.3) is 0 Å². The molecule has 1 aliphatic heterocycles. The number of rotatable bonds is 2. The highest BCUT2D eigenvalue weighted by Gasteiger charge is 2.44. The van der Waals surface area contributed by atoms with Gasteiger partial charge in [-0.05, 0) is 23.8 Å². The summed E-state index contributed by atoms with van der Waals surface area (Å²) in [5, 5.41) is 13.3. The molecule has 0 unspecified atom stereocenters. The van der Waals surface area contributed by atoms with Crippen molar-refractivity contribution in [1.29, 1.82) is 0 Å². The highest BCUT2D eigenvalue weighted by atomic mass is 16.3. The van der Waals surface area contributed by atoms with Gasteiger partial charge in [0.2, 0.25) is 0 Å². The van der Waals surface area contributed by atoms with E-state index in [4.69, 9.17) is 0 Å². The SMILES string of the molecule is O=C1Nc2ccccc2[C@]1(O)Cc1ccncc1. The van der Waals surface area contributed by atoms with E-state index in [0.717, 1.165) is 5.56 Å². The van der Waals surface area contributed by atoms with Crippen molar-refractivity contribution in [3.8, 4) is 0 Å². The van der Waals surface area contributed by atoms with Crippen molar-refractivity contribution in [3.63, 3.8) is 0 Å². The van der Waals surface area contributed by atoms with Crippen LogP contribution >= 0.6 is 0 Å². The van der Waals surface area contributed by atoms with Crippen LogP contribution in [0.15, 0.2) is 48.8 Å². The van der Waals surface area contributed by atoms with Crippen LogP contribution in [0.3, 0.4) is 0 Å². The van der Waals surface area contributed by atoms with E-state index in [1.54, 1.807) is 36.7 Å². The summed E-state index contributed by atoms with van der Waals surface area (Å²) in [6.07, 6.45) is 3.55. The number of hydrogen-bond donors (Lipinski definition) is 2. The number of pyridine rings is 1. The lowest BCUT2D eigenvalue weighted by Crippen LogP contribution is -2.36. The Balaban J connectivity index is 2.02. The van der Waals surface area contributed by atoms with E-state index in [-0.39, 0.29) is 12.3 Å². The zero-order chi connectivity index (χ0) is 12.6. The number of hydrogen-bond acceptors (Lipinski definition) is 3. The summed E-state index contributed by atoms with van der Waals surface area (Å²) in [4.78, 5) is 15.9. The molecule has 4 nitrogen and oxygen atoms in total. The molecule has 2 N–H and O–H groups in total. The second-order valence-electron chi connectivity index (χ2n) is 4.39. The van der Waals surface area contributed by atoms with Crippen molar-refractivity contribution in [3.05, 3.63) is 59.9 Å². The van der Waals surface area contributed by atoms with E-state index in [2.05, 4.69) is 10.3 Å². The van der Waals surface area contributed by atoms with Gasteiger partial charge in [0.15, 0.2) is 5.60 Å². The summed E-state index contributed by atoms with van der Waals surface area (Å²) < 4.78 is 0. The molecule has 1 aliphatic rings. The van der Waals surface area contributed by atoms with Gasteiger partial charge in [-0.15, -0.1) is 0 Å². The van der Waals surface area contributed by atoms with Gasteiger partial charge in [0, 0.05) is 30.1 Å². The standard InChI is InChI=1S/C14H12N2O2/c17-13-14(18,9-10-5-7-15-8-6-10)11-3-1-2-4-12(11)16-13/h1-8,18H,9H2,(H,16,17)/t14-/m1/s1. The molecule has 0 radical (unpaired) electrons. The Morgan fingerprint density at radius 1 is 1.17 bits per heavy atom. The lowest BCUT2D eigenvalue weighted by molar-refractivity contribution is -0.133. The average Bonchev–Trinajstić information content (AvgIpc) is 2.63. The van der Waals surface area contributed by atoms with Gasteiger partial charge in [-0.1, -0.05) is 18.2 Å². The minimum absolute atomic E-state index is 0.248. The molecule has 1 atom stereocenters. The molecule has 0 saturated carbocycles. The molecular formula is C14H12N2O2. The number of aliphatic hydroxyl groups is 1. The average molecular weight is 240 g/mol. The largest absolute Gasteiger partial charge is 0.375 e. The summed E-state index contributed by atoms with van der Waals surface area (Å²) in [6, 6.07) is 10.8. The number of nitrogens with zero attached hydrogens (tertiary/aromatic N) is 1. The Hall–Kier alpha value is -2.20. The number of para-hydroxylation sites is 1. The van der Waals surface area contributed by atoms with Crippen LogP contribution in [0.5, 0.6) is 0 Å². The minimum atomic E-state index is -1.49. The van der Waals surface area contributed by atoms with Crippen LogP contribution in [0, 0.1) is 0 Å². The monoisotopic (exact) mass is 240 g/mol. The Labute approximate surface area is 104 Å². The minimum Gasteiger partial charge on any atom is -0.375 e. The molecule has 3 rings (SSSR count). The summed E-state index contributed by atoms with van der Waals surface area (Å²) in [5.74, 6) is -0.375. The summed E-state index contributed by atoms with van der Waals surface area (Å²) in [5.41, 5.74) is 0.697. The lowest BCUT2D eigenvalue weighted by Gasteiger charge is -2.20. The van der Waals surface area contributed by atoms with E-state index in [1.165, 1.54) is 0 Å². The smallest absolute Gasteiger partial charge is 0.261 e. The molecule has 18 heavy (non-hydrogen) atoms. The molecule has 90 valence electrons.